The van der Waals surface area contributed by atoms with E-state index in [1.165, 1.54) is 6.08 Å². The van der Waals surface area contributed by atoms with E-state index in [0.717, 1.165) is 0 Å². The molecule has 0 unspecified atom stereocenters. The van der Waals surface area contributed by atoms with Gasteiger partial charge in [0.1, 0.15) is 6.61 Å². The highest BCUT2D eigenvalue weighted by Gasteiger charge is 2.07. The van der Waals surface area contributed by atoms with E-state index in [1.807, 2.05) is 0 Å². The van der Waals surface area contributed by atoms with Crippen molar-refractivity contribution in [3.05, 3.63) is 12.7 Å². The highest BCUT2D eigenvalue weighted by Crippen LogP contribution is 2.06. The molecular weight excluding hydrogens is 172 g/mol. The van der Waals surface area contributed by atoms with E-state index in [2.05, 4.69) is 15.5 Å². The Hall–Kier alpha value is -1.17. The van der Waals surface area contributed by atoms with Crippen molar-refractivity contribution in [3.63, 3.8) is 0 Å². The van der Waals surface area contributed by atoms with Gasteiger partial charge >= 0.3 is 11.5 Å². The maximum Gasteiger partial charge on any atom is 0.518 e. The molecule has 0 bridgehead atoms. The molecule has 0 aliphatic carbocycles. The number of carbonyl (C=O) groups excluding carboxylic acids is 1. The van der Waals surface area contributed by atoms with Gasteiger partial charge in [-0.1, -0.05) is 12.7 Å². The lowest BCUT2D eigenvalue weighted by Gasteiger charge is -1.97. The third-order valence-electron chi connectivity index (χ3n) is 0.500. The highest BCUT2D eigenvalue weighted by molar-refractivity contribution is 8.09. The molecule has 1 N–H and O–H groups in total. The Morgan fingerprint density at radius 3 is 2.73 bits per heavy atom. The van der Waals surface area contributed by atoms with Gasteiger partial charge in [0.15, 0.2) is 12.0 Å². The van der Waals surface area contributed by atoms with Crippen LogP contribution in [0.4, 0.5) is 9.59 Å². The average molecular weight is 178 g/mol. The molecule has 11 heavy (non-hydrogen) atoms. The highest BCUT2D eigenvalue weighted by atomic mass is 32.2. The molecule has 0 saturated carbocycles. The number of carbonyl (C=O) groups is 2. The van der Waals surface area contributed by atoms with Crippen LogP contribution in [0, 0.1) is 0 Å². The molecule has 0 aromatic heterocycles. The zero-order chi connectivity index (χ0) is 8.69. The van der Waals surface area contributed by atoms with Crippen molar-refractivity contribution in [2.24, 2.45) is 0 Å². The van der Waals surface area contributed by atoms with Crippen LogP contribution in [0.5, 0.6) is 0 Å². The predicted molar refractivity (Wildman–Crippen MR) is 38.2 cm³/mol. The number of carboxylic acid groups (broad SMARTS) is 1. The molecule has 0 fully saturated rings. The Kier molecular flexibility index (Phi) is 5.01. The lowest BCUT2D eigenvalue weighted by atomic mass is 10.7. The van der Waals surface area contributed by atoms with Crippen LogP contribution >= 0.6 is 12.0 Å². The van der Waals surface area contributed by atoms with Crippen LogP contribution in [0.25, 0.3) is 0 Å². The van der Waals surface area contributed by atoms with Crippen molar-refractivity contribution in [1.29, 1.82) is 0 Å². The summed E-state index contributed by atoms with van der Waals surface area (Å²) in [6.07, 6.45) is -0.176. The topological polar surface area (TPSA) is 72.8 Å². The van der Waals surface area contributed by atoms with Crippen molar-refractivity contribution in [2.75, 3.05) is 6.61 Å². The molecule has 0 aliphatic rings. The van der Waals surface area contributed by atoms with Gasteiger partial charge in [-0.2, -0.15) is 0 Å². The van der Waals surface area contributed by atoms with Crippen molar-refractivity contribution in [3.8, 4) is 0 Å². The number of hydrogen-bond donors (Lipinski definition) is 1. The van der Waals surface area contributed by atoms with E-state index in [0.29, 0.717) is 0 Å². The van der Waals surface area contributed by atoms with Gasteiger partial charge in [-0.15, -0.1) is 0 Å². The van der Waals surface area contributed by atoms with Gasteiger partial charge in [0.25, 0.3) is 0 Å². The SMILES string of the molecule is C=CCOC(=O)SOC(=O)O. The first-order valence-electron chi connectivity index (χ1n) is 2.52. The second kappa shape index (κ2) is 5.60. The molecule has 0 spiro atoms. The van der Waals surface area contributed by atoms with Gasteiger partial charge in [0.05, 0.1) is 0 Å². The predicted octanol–water partition coefficient (Wildman–Crippen LogP) is 1.65. The van der Waals surface area contributed by atoms with Crippen molar-refractivity contribution >= 4 is 23.5 Å². The van der Waals surface area contributed by atoms with Crippen molar-refractivity contribution in [2.45, 2.75) is 0 Å². The maximum absolute atomic E-state index is 10.4. The Morgan fingerprint density at radius 1 is 1.64 bits per heavy atom. The largest absolute Gasteiger partial charge is 0.518 e. The molecule has 0 rings (SSSR count). The van der Waals surface area contributed by atoms with Gasteiger partial charge in [-0.05, 0) is 0 Å². The summed E-state index contributed by atoms with van der Waals surface area (Å²) >= 11 is 0.116. The first-order chi connectivity index (χ1) is 5.16. The standard InChI is InChI=1S/C5H6O5S/c1-2-3-9-5(8)11-10-4(6)7/h2H,1,3H2,(H,6,7). The van der Waals surface area contributed by atoms with E-state index in [-0.39, 0.29) is 18.6 Å². The van der Waals surface area contributed by atoms with Crippen LogP contribution in [0.3, 0.4) is 0 Å². The maximum atomic E-state index is 10.4. The van der Waals surface area contributed by atoms with Crippen LogP contribution in [0.2, 0.25) is 0 Å². The smallest absolute Gasteiger partial charge is 0.451 e. The molecule has 0 amide bonds. The second-order valence-electron chi connectivity index (χ2n) is 1.28. The zero-order valence-electron chi connectivity index (χ0n) is 5.48. The van der Waals surface area contributed by atoms with Crippen molar-refractivity contribution < 1.29 is 23.6 Å². The van der Waals surface area contributed by atoms with E-state index in [4.69, 9.17) is 5.11 Å². The van der Waals surface area contributed by atoms with Crippen LogP contribution in [-0.4, -0.2) is 23.2 Å². The summed E-state index contributed by atoms with van der Waals surface area (Å²) in [5.74, 6) is 0. The van der Waals surface area contributed by atoms with E-state index in [1.54, 1.807) is 0 Å². The monoisotopic (exact) mass is 178 g/mol. The Bertz CT molecular complexity index is 166. The molecule has 0 heterocycles. The quantitative estimate of drug-likeness (QED) is 0.393. The fourth-order valence-corrected chi connectivity index (χ4v) is 0.476. The minimum absolute atomic E-state index is 0.0365. The fraction of sp³-hybridized carbons (Fsp3) is 0.200. The normalized spacial score (nSPS) is 8.36. The molecule has 0 radical (unpaired) electrons. The Labute approximate surface area is 67.2 Å². The summed E-state index contributed by atoms with van der Waals surface area (Å²) < 4.78 is 8.18. The van der Waals surface area contributed by atoms with E-state index >= 15 is 0 Å². The first kappa shape index (κ1) is 9.83. The van der Waals surface area contributed by atoms with Gasteiger partial charge in [-0.3, -0.25) is 0 Å². The van der Waals surface area contributed by atoms with Gasteiger partial charge in [0.2, 0.25) is 0 Å². The van der Waals surface area contributed by atoms with Gasteiger partial charge < -0.3 is 14.0 Å². The summed E-state index contributed by atoms with van der Waals surface area (Å²) in [5, 5.41) is 7.10. The lowest BCUT2D eigenvalue weighted by Crippen LogP contribution is -2.00. The third kappa shape index (κ3) is 6.72. The minimum Gasteiger partial charge on any atom is -0.451 e. The van der Waals surface area contributed by atoms with E-state index in [9.17, 15) is 9.59 Å². The molecule has 5 nitrogen and oxygen atoms in total. The number of hydrogen-bond acceptors (Lipinski definition) is 5. The molecule has 0 aliphatic heterocycles. The van der Waals surface area contributed by atoms with Crippen LogP contribution < -0.4 is 0 Å². The number of ether oxygens (including phenoxy) is 1. The summed E-state index contributed by atoms with van der Waals surface area (Å²) in [6, 6.07) is 0. The second-order valence-corrected chi connectivity index (χ2v) is 1.95. The molecular formula is C5H6O5S. The summed E-state index contributed by atoms with van der Waals surface area (Å²) in [6.45, 7) is 3.32. The fourth-order valence-electron chi connectivity index (χ4n) is 0.221. The van der Waals surface area contributed by atoms with Crippen molar-refractivity contribution in [1.82, 2.24) is 0 Å². The van der Waals surface area contributed by atoms with E-state index < -0.39 is 11.5 Å². The van der Waals surface area contributed by atoms with Gasteiger partial charge in [0, 0.05) is 0 Å². The van der Waals surface area contributed by atoms with Crippen LogP contribution in [-0.2, 0) is 8.92 Å². The molecule has 6 heteroatoms. The average Bonchev–Trinajstić information content (AvgIpc) is 1.97. The first-order valence-corrected chi connectivity index (χ1v) is 3.26. The lowest BCUT2D eigenvalue weighted by molar-refractivity contribution is 0.150. The summed E-state index contributed by atoms with van der Waals surface area (Å²) in [4.78, 5) is 20.1. The number of rotatable bonds is 2. The third-order valence-corrected chi connectivity index (χ3v) is 0.980. The van der Waals surface area contributed by atoms with Crippen LogP contribution in [0.1, 0.15) is 0 Å². The molecule has 62 valence electrons. The molecule has 0 aromatic carbocycles. The molecule has 0 saturated heterocycles. The molecule has 0 aromatic rings. The molecule has 0 atom stereocenters. The minimum atomic E-state index is -1.54. The Balaban J connectivity index is 3.37. The Morgan fingerprint density at radius 2 is 2.27 bits per heavy atom. The summed E-state index contributed by atoms with van der Waals surface area (Å²) in [5.41, 5.74) is 0. The zero-order valence-corrected chi connectivity index (χ0v) is 6.30. The van der Waals surface area contributed by atoms with Crippen LogP contribution in [0.15, 0.2) is 12.7 Å². The summed E-state index contributed by atoms with van der Waals surface area (Å²) in [7, 11) is 0. The van der Waals surface area contributed by atoms with Gasteiger partial charge in [-0.25, -0.2) is 9.59 Å².